The third-order valence-electron chi connectivity index (χ3n) is 6.66. The smallest absolute Gasteiger partial charge is 0.253 e. The van der Waals surface area contributed by atoms with Crippen molar-refractivity contribution in [3.63, 3.8) is 0 Å². The molecule has 1 amide bonds. The van der Waals surface area contributed by atoms with Crippen LogP contribution in [0.1, 0.15) is 15.9 Å². The summed E-state index contributed by atoms with van der Waals surface area (Å²) in [6, 6.07) is 19.8. The number of hydrogen-bond acceptors (Lipinski definition) is 7. The Hall–Kier alpha value is -4.08. The van der Waals surface area contributed by atoms with Crippen LogP contribution in [0.4, 0.5) is 5.82 Å². The Morgan fingerprint density at radius 2 is 1.76 bits per heavy atom. The number of fused-ring (bicyclic) bond motifs is 1. The third kappa shape index (κ3) is 4.83. The Morgan fingerprint density at radius 1 is 0.973 bits per heavy atom. The van der Waals surface area contributed by atoms with Crippen LogP contribution in [-0.2, 0) is 6.54 Å². The van der Waals surface area contributed by atoms with Gasteiger partial charge in [0.25, 0.3) is 5.91 Å². The number of imidazole rings is 1. The molecule has 2 aromatic carbocycles. The maximum Gasteiger partial charge on any atom is 0.253 e. The van der Waals surface area contributed by atoms with E-state index >= 15 is 0 Å². The van der Waals surface area contributed by atoms with Crippen molar-refractivity contribution >= 4 is 34.2 Å². The van der Waals surface area contributed by atoms with Crippen molar-refractivity contribution in [2.75, 3.05) is 38.5 Å². The van der Waals surface area contributed by atoms with Crippen molar-refractivity contribution in [1.82, 2.24) is 29.3 Å². The molecule has 0 radical (unpaired) electrons. The number of amides is 1. The summed E-state index contributed by atoms with van der Waals surface area (Å²) < 4.78 is 1.98. The van der Waals surface area contributed by atoms with Crippen molar-refractivity contribution in [2.24, 2.45) is 0 Å². The lowest BCUT2D eigenvalue weighted by Gasteiger charge is -2.32. The molecule has 0 aliphatic carbocycles. The molecule has 1 fully saturated rings. The van der Waals surface area contributed by atoms with E-state index in [2.05, 4.69) is 39.8 Å². The molecule has 4 heterocycles. The summed E-state index contributed by atoms with van der Waals surface area (Å²) in [6.45, 7) is 3.92. The van der Waals surface area contributed by atoms with Gasteiger partial charge < -0.3 is 15.1 Å². The summed E-state index contributed by atoms with van der Waals surface area (Å²) in [6.07, 6.45) is 1.79. The van der Waals surface area contributed by atoms with Crippen LogP contribution in [-0.4, -0.2) is 68.5 Å². The minimum atomic E-state index is 0.0665. The molecule has 186 valence electrons. The Bertz CT molecular complexity index is 1510. The predicted octanol–water partition coefficient (Wildman–Crippen LogP) is 4.54. The van der Waals surface area contributed by atoms with E-state index in [0.717, 1.165) is 48.6 Å². The van der Waals surface area contributed by atoms with E-state index in [9.17, 15) is 4.79 Å². The van der Waals surface area contributed by atoms with Gasteiger partial charge in [0.2, 0.25) is 0 Å². The minimum absolute atomic E-state index is 0.0665. The van der Waals surface area contributed by atoms with Gasteiger partial charge in [-0.3, -0.25) is 9.36 Å². The fourth-order valence-electron chi connectivity index (χ4n) is 4.47. The fourth-order valence-corrected chi connectivity index (χ4v) is 5.10. The van der Waals surface area contributed by atoms with E-state index in [1.807, 2.05) is 63.4 Å². The number of nitrogens with one attached hydrogen (secondary N) is 1. The lowest BCUT2D eigenvalue weighted by molar-refractivity contribution is 0.0664. The maximum absolute atomic E-state index is 13.0. The fraction of sp³-hybridized carbons (Fsp3) is 0.214. The largest absolute Gasteiger partial charge is 0.364 e. The number of rotatable bonds is 6. The highest BCUT2D eigenvalue weighted by Gasteiger charge is 2.21. The number of nitrogens with zero attached hydrogens (tertiary/aromatic N) is 6. The second-order valence-corrected chi connectivity index (χ2v) is 9.96. The number of aromatic nitrogens is 4. The van der Waals surface area contributed by atoms with E-state index in [-0.39, 0.29) is 5.91 Å². The average molecular weight is 510 g/mol. The van der Waals surface area contributed by atoms with E-state index in [4.69, 9.17) is 9.97 Å². The van der Waals surface area contributed by atoms with Crippen LogP contribution in [0.25, 0.3) is 28.2 Å². The molecule has 0 bridgehead atoms. The number of carbonyl (C=O) groups excluding carboxylic acids is 1. The highest BCUT2D eigenvalue weighted by atomic mass is 32.1. The summed E-state index contributed by atoms with van der Waals surface area (Å²) in [7, 11) is 2.08. The van der Waals surface area contributed by atoms with Gasteiger partial charge in [0.15, 0.2) is 22.8 Å². The number of anilines is 1. The first kappa shape index (κ1) is 23.3. The number of benzene rings is 2. The highest BCUT2D eigenvalue weighted by molar-refractivity contribution is 7.08. The number of likely N-dealkylation sites (N-methyl/N-ethyl adjacent to an activating group) is 1. The predicted molar refractivity (Wildman–Crippen MR) is 147 cm³/mol. The molecule has 0 atom stereocenters. The van der Waals surface area contributed by atoms with Crippen molar-refractivity contribution < 1.29 is 4.79 Å². The second-order valence-electron chi connectivity index (χ2n) is 9.18. The molecule has 0 spiro atoms. The lowest BCUT2D eigenvalue weighted by Crippen LogP contribution is -2.47. The molecule has 8 nitrogen and oxygen atoms in total. The van der Waals surface area contributed by atoms with Crippen molar-refractivity contribution in [2.45, 2.75) is 6.54 Å². The second kappa shape index (κ2) is 10.1. The van der Waals surface area contributed by atoms with Crippen molar-refractivity contribution in [1.29, 1.82) is 0 Å². The normalized spacial score (nSPS) is 14.2. The Balaban J connectivity index is 1.34. The number of thiophene rings is 1. The topological polar surface area (TPSA) is 79.2 Å². The molecule has 1 saturated heterocycles. The molecule has 9 heteroatoms. The molecule has 5 aromatic rings. The van der Waals surface area contributed by atoms with Gasteiger partial charge in [0.05, 0.1) is 5.69 Å². The molecular formula is C28H27N7OS. The molecule has 0 saturated carbocycles. The Kier molecular flexibility index (Phi) is 6.38. The molecule has 6 rings (SSSR count). The van der Waals surface area contributed by atoms with Crippen molar-refractivity contribution in [3.05, 3.63) is 88.9 Å². The summed E-state index contributed by atoms with van der Waals surface area (Å²) >= 11 is 1.63. The van der Waals surface area contributed by atoms with Crippen LogP contribution < -0.4 is 5.32 Å². The van der Waals surface area contributed by atoms with Crippen LogP contribution >= 0.6 is 11.3 Å². The summed E-state index contributed by atoms with van der Waals surface area (Å²) in [5.41, 5.74) is 5.14. The van der Waals surface area contributed by atoms with Gasteiger partial charge in [0, 0.05) is 49.2 Å². The number of hydrogen-bond donors (Lipinski definition) is 1. The number of carbonyl (C=O) groups is 1. The average Bonchev–Trinajstić information content (AvgIpc) is 3.63. The minimum Gasteiger partial charge on any atom is -0.364 e. The van der Waals surface area contributed by atoms with Gasteiger partial charge in [-0.15, -0.1) is 0 Å². The van der Waals surface area contributed by atoms with Gasteiger partial charge in [-0.1, -0.05) is 42.5 Å². The van der Waals surface area contributed by atoms with Gasteiger partial charge in [0.1, 0.15) is 6.33 Å². The van der Waals surface area contributed by atoms with Gasteiger partial charge in [-0.05, 0) is 36.2 Å². The molecular weight excluding hydrogens is 482 g/mol. The van der Waals surface area contributed by atoms with E-state index in [1.165, 1.54) is 0 Å². The summed E-state index contributed by atoms with van der Waals surface area (Å²) in [4.78, 5) is 31.6. The quantitative estimate of drug-likeness (QED) is 0.362. The monoisotopic (exact) mass is 509 g/mol. The lowest BCUT2D eigenvalue weighted by atomic mass is 10.1. The van der Waals surface area contributed by atoms with Gasteiger partial charge in [-0.2, -0.15) is 11.3 Å². The SMILES string of the molecule is CN1CCN(C(=O)c2ccc(-c3nc(NCc4ccccc4)c4ncn(-c5ccsc5)c4n3)cc2)CC1. The van der Waals surface area contributed by atoms with Crippen LogP contribution in [0, 0.1) is 0 Å². The first-order chi connectivity index (χ1) is 18.2. The van der Waals surface area contributed by atoms with Gasteiger partial charge in [-0.25, -0.2) is 15.0 Å². The van der Waals surface area contributed by atoms with Crippen LogP contribution in [0.3, 0.4) is 0 Å². The van der Waals surface area contributed by atoms with E-state index in [0.29, 0.717) is 29.3 Å². The van der Waals surface area contributed by atoms with Crippen molar-refractivity contribution in [3.8, 4) is 17.1 Å². The van der Waals surface area contributed by atoms with Crippen LogP contribution in [0.5, 0.6) is 0 Å². The first-order valence-electron chi connectivity index (χ1n) is 12.3. The molecule has 1 N–H and O–H groups in total. The molecule has 0 unspecified atom stereocenters. The molecule has 37 heavy (non-hydrogen) atoms. The third-order valence-corrected chi connectivity index (χ3v) is 7.33. The zero-order valence-corrected chi connectivity index (χ0v) is 21.4. The zero-order chi connectivity index (χ0) is 25.2. The van der Waals surface area contributed by atoms with E-state index < -0.39 is 0 Å². The van der Waals surface area contributed by atoms with Crippen LogP contribution in [0.2, 0.25) is 0 Å². The van der Waals surface area contributed by atoms with Gasteiger partial charge >= 0.3 is 0 Å². The standard InChI is InChI=1S/C28H27N7OS/c1-33-12-14-34(15-13-33)28(36)22-9-7-21(8-10-22)25-31-26(29-17-20-5-3-2-4-6-20)24-27(32-25)35(19-30-24)23-11-16-37-18-23/h2-11,16,18-19H,12-15,17H2,1H3,(H,29,31,32). The van der Waals surface area contributed by atoms with Crippen LogP contribution in [0.15, 0.2) is 77.8 Å². The maximum atomic E-state index is 13.0. The highest BCUT2D eigenvalue weighted by Crippen LogP contribution is 2.27. The zero-order valence-electron chi connectivity index (χ0n) is 20.5. The Morgan fingerprint density at radius 3 is 2.49 bits per heavy atom. The Labute approximate surface area is 219 Å². The molecule has 3 aromatic heterocycles. The number of piperazine rings is 1. The summed E-state index contributed by atoms with van der Waals surface area (Å²) in [5.74, 6) is 1.32. The summed E-state index contributed by atoms with van der Waals surface area (Å²) in [5, 5.41) is 7.56. The molecule has 1 aliphatic heterocycles. The molecule has 1 aliphatic rings. The first-order valence-corrected chi connectivity index (χ1v) is 13.2. The van der Waals surface area contributed by atoms with E-state index in [1.54, 1.807) is 17.7 Å².